The number of hydrogen-bond donors (Lipinski definition) is 3. The summed E-state index contributed by atoms with van der Waals surface area (Å²) < 4.78 is 0. The van der Waals surface area contributed by atoms with Crippen molar-refractivity contribution in [1.82, 2.24) is 10.6 Å². The van der Waals surface area contributed by atoms with E-state index in [4.69, 9.17) is 0 Å². The van der Waals surface area contributed by atoms with Gasteiger partial charge in [0.1, 0.15) is 0 Å². The second-order valence-electron chi connectivity index (χ2n) is 7.55. The molecule has 2 aromatic carbocycles. The summed E-state index contributed by atoms with van der Waals surface area (Å²) in [5.41, 5.74) is 3.73. The van der Waals surface area contributed by atoms with Crippen LogP contribution < -0.4 is 20.9 Å². The van der Waals surface area contributed by atoms with Gasteiger partial charge in [-0.3, -0.25) is 9.59 Å². The SMILES string of the molecule is CNC(=O)c1ccc(CNC(C)CC(=O)Nc2cccc(N3CCCC3)c2)cc1. The van der Waals surface area contributed by atoms with Gasteiger partial charge < -0.3 is 20.9 Å². The Bertz CT molecular complexity index is 829. The molecule has 154 valence electrons. The molecule has 1 atom stereocenters. The molecule has 29 heavy (non-hydrogen) atoms. The molecule has 0 radical (unpaired) electrons. The highest BCUT2D eigenvalue weighted by Gasteiger charge is 2.14. The Balaban J connectivity index is 1.45. The van der Waals surface area contributed by atoms with Crippen LogP contribution in [0, 0.1) is 0 Å². The molecule has 0 saturated carbocycles. The minimum Gasteiger partial charge on any atom is -0.371 e. The number of benzene rings is 2. The molecule has 2 aromatic rings. The van der Waals surface area contributed by atoms with Crippen molar-refractivity contribution in [3.8, 4) is 0 Å². The standard InChI is InChI=1S/C23H30N4O2/c1-17(25-16-18-8-10-19(11-9-18)23(29)24-2)14-22(28)26-20-6-5-7-21(15-20)27-12-3-4-13-27/h5-11,15,17,25H,3-4,12-14,16H2,1-2H3,(H,24,29)(H,26,28). The average Bonchev–Trinajstić information content (AvgIpc) is 3.27. The molecule has 2 amide bonds. The number of carbonyl (C=O) groups is 2. The van der Waals surface area contributed by atoms with Crippen LogP contribution in [0.1, 0.15) is 42.1 Å². The lowest BCUT2D eigenvalue weighted by Gasteiger charge is -2.19. The summed E-state index contributed by atoms with van der Waals surface area (Å²) >= 11 is 0. The number of nitrogens with one attached hydrogen (secondary N) is 3. The van der Waals surface area contributed by atoms with E-state index in [1.165, 1.54) is 18.5 Å². The summed E-state index contributed by atoms with van der Waals surface area (Å²) in [4.78, 5) is 26.4. The zero-order valence-corrected chi connectivity index (χ0v) is 17.2. The Hall–Kier alpha value is -2.86. The van der Waals surface area contributed by atoms with Gasteiger partial charge in [-0.2, -0.15) is 0 Å². The van der Waals surface area contributed by atoms with Gasteiger partial charge in [0, 0.05) is 56.1 Å². The highest BCUT2D eigenvalue weighted by atomic mass is 16.2. The molecule has 6 heteroatoms. The quantitative estimate of drug-likeness (QED) is 0.643. The number of anilines is 2. The van der Waals surface area contributed by atoms with Crippen molar-refractivity contribution >= 4 is 23.2 Å². The summed E-state index contributed by atoms with van der Waals surface area (Å²) in [5.74, 6) is -0.0955. The summed E-state index contributed by atoms with van der Waals surface area (Å²) in [6.07, 6.45) is 2.85. The van der Waals surface area contributed by atoms with Crippen molar-refractivity contribution < 1.29 is 9.59 Å². The highest BCUT2D eigenvalue weighted by molar-refractivity contribution is 5.94. The largest absolute Gasteiger partial charge is 0.371 e. The molecule has 1 saturated heterocycles. The van der Waals surface area contributed by atoms with Gasteiger partial charge in [0.05, 0.1) is 0 Å². The number of rotatable bonds is 8. The monoisotopic (exact) mass is 394 g/mol. The molecule has 6 nitrogen and oxygen atoms in total. The summed E-state index contributed by atoms with van der Waals surface area (Å²) in [7, 11) is 1.62. The zero-order chi connectivity index (χ0) is 20.6. The molecule has 0 spiro atoms. The fraction of sp³-hybridized carbons (Fsp3) is 0.391. The van der Waals surface area contributed by atoms with Gasteiger partial charge >= 0.3 is 0 Å². The first-order chi connectivity index (χ1) is 14.0. The van der Waals surface area contributed by atoms with Crippen molar-refractivity contribution in [2.24, 2.45) is 0 Å². The molecule has 3 N–H and O–H groups in total. The van der Waals surface area contributed by atoms with Gasteiger partial charge in [-0.15, -0.1) is 0 Å². The first-order valence-corrected chi connectivity index (χ1v) is 10.2. The minimum absolute atomic E-state index is 0.00135. The molecule has 1 fully saturated rings. The van der Waals surface area contributed by atoms with Crippen LogP contribution in [0.4, 0.5) is 11.4 Å². The fourth-order valence-corrected chi connectivity index (χ4v) is 3.53. The maximum absolute atomic E-state index is 12.4. The van der Waals surface area contributed by atoms with Crippen LogP contribution in [0.2, 0.25) is 0 Å². The second kappa shape index (κ2) is 10.1. The fourth-order valence-electron chi connectivity index (χ4n) is 3.53. The van der Waals surface area contributed by atoms with E-state index in [0.29, 0.717) is 18.5 Å². The van der Waals surface area contributed by atoms with Crippen molar-refractivity contribution in [2.75, 3.05) is 30.4 Å². The van der Waals surface area contributed by atoms with E-state index in [2.05, 4.69) is 33.0 Å². The zero-order valence-electron chi connectivity index (χ0n) is 17.2. The van der Waals surface area contributed by atoms with Gasteiger partial charge in [0.2, 0.25) is 5.91 Å². The first-order valence-electron chi connectivity index (χ1n) is 10.2. The average molecular weight is 395 g/mol. The number of hydrogen-bond acceptors (Lipinski definition) is 4. The van der Waals surface area contributed by atoms with E-state index in [-0.39, 0.29) is 17.9 Å². The molecule has 1 aliphatic heterocycles. The molecular formula is C23H30N4O2. The van der Waals surface area contributed by atoms with Gasteiger partial charge in [-0.05, 0) is 55.7 Å². The minimum atomic E-state index is -0.0941. The van der Waals surface area contributed by atoms with Crippen LogP contribution in [-0.2, 0) is 11.3 Å². The molecule has 3 rings (SSSR count). The Morgan fingerprint density at radius 1 is 1.07 bits per heavy atom. The lowest BCUT2D eigenvalue weighted by molar-refractivity contribution is -0.116. The van der Waals surface area contributed by atoms with Gasteiger partial charge in [0.25, 0.3) is 5.91 Å². The second-order valence-corrected chi connectivity index (χ2v) is 7.55. The van der Waals surface area contributed by atoms with E-state index >= 15 is 0 Å². The van der Waals surface area contributed by atoms with Crippen LogP contribution in [0.5, 0.6) is 0 Å². The maximum Gasteiger partial charge on any atom is 0.251 e. The van der Waals surface area contributed by atoms with E-state index in [0.717, 1.165) is 24.3 Å². The van der Waals surface area contributed by atoms with Gasteiger partial charge in [0.15, 0.2) is 0 Å². The third kappa shape index (κ3) is 6.06. The van der Waals surface area contributed by atoms with Crippen LogP contribution in [0.3, 0.4) is 0 Å². The molecule has 0 aromatic heterocycles. The van der Waals surface area contributed by atoms with E-state index in [1.807, 2.05) is 31.2 Å². The van der Waals surface area contributed by atoms with Crippen LogP contribution in [0.15, 0.2) is 48.5 Å². The Morgan fingerprint density at radius 3 is 2.48 bits per heavy atom. The highest BCUT2D eigenvalue weighted by Crippen LogP contribution is 2.23. The van der Waals surface area contributed by atoms with Gasteiger partial charge in [-0.1, -0.05) is 18.2 Å². The Labute approximate surface area is 172 Å². The van der Waals surface area contributed by atoms with Crippen LogP contribution in [-0.4, -0.2) is 38.0 Å². The Kier molecular flexibility index (Phi) is 7.25. The maximum atomic E-state index is 12.4. The Morgan fingerprint density at radius 2 is 1.79 bits per heavy atom. The van der Waals surface area contributed by atoms with E-state index in [9.17, 15) is 9.59 Å². The predicted molar refractivity (Wildman–Crippen MR) is 117 cm³/mol. The third-order valence-corrected chi connectivity index (χ3v) is 5.19. The molecular weight excluding hydrogens is 364 g/mol. The van der Waals surface area contributed by atoms with Crippen molar-refractivity contribution in [3.05, 3.63) is 59.7 Å². The summed E-state index contributed by atoms with van der Waals surface area (Å²) in [6, 6.07) is 15.6. The van der Waals surface area contributed by atoms with E-state index in [1.54, 1.807) is 19.2 Å². The molecule has 1 aliphatic rings. The molecule has 0 bridgehead atoms. The predicted octanol–water partition coefficient (Wildman–Crippen LogP) is 3.15. The number of carbonyl (C=O) groups excluding carboxylic acids is 2. The number of nitrogens with zero attached hydrogens (tertiary/aromatic N) is 1. The van der Waals surface area contributed by atoms with E-state index < -0.39 is 0 Å². The topological polar surface area (TPSA) is 73.5 Å². The van der Waals surface area contributed by atoms with Crippen LogP contribution in [0.25, 0.3) is 0 Å². The van der Waals surface area contributed by atoms with Crippen molar-refractivity contribution in [3.63, 3.8) is 0 Å². The van der Waals surface area contributed by atoms with Gasteiger partial charge in [-0.25, -0.2) is 0 Å². The lowest BCUT2D eigenvalue weighted by Crippen LogP contribution is -2.30. The summed E-state index contributed by atoms with van der Waals surface area (Å²) in [6.45, 7) is 4.82. The number of amides is 2. The summed E-state index contributed by atoms with van der Waals surface area (Å²) in [5, 5.41) is 8.99. The van der Waals surface area contributed by atoms with Crippen molar-refractivity contribution in [2.45, 2.75) is 38.8 Å². The lowest BCUT2D eigenvalue weighted by atomic mass is 10.1. The molecule has 1 unspecified atom stereocenters. The molecule has 0 aliphatic carbocycles. The smallest absolute Gasteiger partial charge is 0.251 e. The molecule has 1 heterocycles. The van der Waals surface area contributed by atoms with Crippen molar-refractivity contribution in [1.29, 1.82) is 0 Å². The van der Waals surface area contributed by atoms with Crippen LogP contribution >= 0.6 is 0 Å². The first kappa shape index (κ1) is 20.9. The third-order valence-electron chi connectivity index (χ3n) is 5.19. The normalized spacial score (nSPS) is 14.5.